The summed E-state index contributed by atoms with van der Waals surface area (Å²) >= 11 is 3.68. The summed E-state index contributed by atoms with van der Waals surface area (Å²) in [7, 11) is 1.92. The molecule has 0 bridgehead atoms. The molecule has 0 saturated heterocycles. The number of thiazole rings is 1. The maximum Gasteiger partial charge on any atom is 0.317 e. The maximum absolute atomic E-state index is 12.2. The highest BCUT2D eigenvalue weighted by atomic mass is 32.2. The Morgan fingerprint density at radius 3 is 3.05 bits per heavy atom. The summed E-state index contributed by atoms with van der Waals surface area (Å²) in [6.07, 6.45) is 4.31. The van der Waals surface area contributed by atoms with Crippen molar-refractivity contribution in [1.29, 1.82) is 0 Å². The molecule has 0 radical (unpaired) electrons. The molecule has 1 aliphatic carbocycles. The lowest BCUT2D eigenvalue weighted by Gasteiger charge is -2.25. The van der Waals surface area contributed by atoms with Crippen molar-refractivity contribution in [2.24, 2.45) is 0 Å². The number of amides is 2. The summed E-state index contributed by atoms with van der Waals surface area (Å²) in [4.78, 5) is 18.5. The minimum Gasteiger partial charge on any atom is -0.338 e. The summed E-state index contributed by atoms with van der Waals surface area (Å²) in [6, 6.07) is 0.449. The molecule has 0 aliphatic heterocycles. The molecule has 1 N–H and O–H groups in total. The van der Waals surface area contributed by atoms with E-state index >= 15 is 0 Å². The number of nitrogens with zero attached hydrogens (tertiary/aromatic N) is 2. The van der Waals surface area contributed by atoms with E-state index in [-0.39, 0.29) is 6.03 Å². The molecule has 2 atom stereocenters. The second kappa shape index (κ2) is 8.03. The Bertz CT molecular complexity index is 464. The van der Waals surface area contributed by atoms with Crippen molar-refractivity contribution in [2.45, 2.75) is 50.8 Å². The first-order chi connectivity index (χ1) is 10.1. The number of aromatic nitrogens is 1. The third-order valence-corrected chi connectivity index (χ3v) is 6.01. The lowest BCUT2D eigenvalue weighted by Crippen LogP contribution is -2.43. The Morgan fingerprint density at radius 1 is 1.57 bits per heavy atom. The monoisotopic (exact) mass is 327 g/mol. The molecule has 0 spiro atoms. The molecule has 0 aromatic carbocycles. The molecule has 1 aliphatic rings. The quantitative estimate of drug-likeness (QED) is 0.872. The molecule has 1 fully saturated rings. The van der Waals surface area contributed by atoms with E-state index in [1.165, 1.54) is 12.2 Å². The molecular weight excluding hydrogens is 302 g/mol. The lowest BCUT2D eigenvalue weighted by atomic mass is 10.2. The van der Waals surface area contributed by atoms with Gasteiger partial charge in [0.05, 0.1) is 10.7 Å². The molecule has 118 valence electrons. The standard InChI is InChI=1S/C15H25N3OS2/c1-4-20-14-6-5-13(9-14)18(3)15(19)16-8-7-12-10-21-11(2)17-12/h10,13-14H,4-9H2,1-3H3,(H,16,19)/t13-,14+/m0/s1. The molecule has 21 heavy (non-hydrogen) atoms. The molecule has 6 heteroatoms. The SMILES string of the molecule is CCS[C@@H]1CC[C@H](N(C)C(=O)NCCc2csc(C)n2)C1. The Balaban J connectivity index is 1.70. The van der Waals surface area contributed by atoms with Gasteiger partial charge in [0.1, 0.15) is 0 Å². The topological polar surface area (TPSA) is 45.2 Å². The highest BCUT2D eigenvalue weighted by molar-refractivity contribution is 7.99. The summed E-state index contributed by atoms with van der Waals surface area (Å²) < 4.78 is 0. The van der Waals surface area contributed by atoms with Crippen molar-refractivity contribution in [3.05, 3.63) is 16.1 Å². The first kappa shape index (κ1) is 16.6. The Morgan fingerprint density at radius 2 is 2.38 bits per heavy atom. The number of carbonyl (C=O) groups is 1. The Hall–Kier alpha value is -0.750. The lowest BCUT2D eigenvalue weighted by molar-refractivity contribution is 0.191. The highest BCUT2D eigenvalue weighted by Gasteiger charge is 2.29. The normalized spacial score (nSPS) is 21.5. The van der Waals surface area contributed by atoms with Gasteiger partial charge in [-0.15, -0.1) is 11.3 Å². The van der Waals surface area contributed by atoms with Gasteiger partial charge in [0.2, 0.25) is 0 Å². The van der Waals surface area contributed by atoms with Crippen molar-refractivity contribution in [2.75, 3.05) is 19.3 Å². The van der Waals surface area contributed by atoms with Crippen LogP contribution in [0.2, 0.25) is 0 Å². The van der Waals surface area contributed by atoms with Crippen LogP contribution in [0.4, 0.5) is 4.79 Å². The van der Waals surface area contributed by atoms with Crippen LogP contribution in [0.15, 0.2) is 5.38 Å². The number of rotatable bonds is 6. The zero-order valence-corrected chi connectivity index (χ0v) is 14.7. The first-order valence-corrected chi connectivity index (χ1v) is 9.56. The predicted octanol–water partition coefficient (Wildman–Crippen LogP) is 3.31. The summed E-state index contributed by atoms with van der Waals surface area (Å²) in [5.74, 6) is 1.17. The molecule has 1 aromatic heterocycles. The van der Waals surface area contributed by atoms with Crippen LogP contribution in [0, 0.1) is 6.92 Å². The maximum atomic E-state index is 12.2. The average Bonchev–Trinajstić information content (AvgIpc) is 3.08. The van der Waals surface area contributed by atoms with Crippen LogP contribution in [0.1, 0.15) is 36.9 Å². The van der Waals surface area contributed by atoms with E-state index in [1.807, 2.05) is 30.6 Å². The van der Waals surface area contributed by atoms with Gasteiger partial charge in [0.15, 0.2) is 0 Å². The molecule has 1 heterocycles. The number of aryl methyl sites for hydroxylation is 1. The van der Waals surface area contributed by atoms with Crippen molar-refractivity contribution in [3.8, 4) is 0 Å². The number of carbonyl (C=O) groups excluding carboxylic acids is 1. The van der Waals surface area contributed by atoms with Gasteiger partial charge >= 0.3 is 6.03 Å². The highest BCUT2D eigenvalue weighted by Crippen LogP contribution is 2.32. The Labute approximate surface area is 135 Å². The second-order valence-electron chi connectivity index (χ2n) is 5.49. The first-order valence-electron chi connectivity index (χ1n) is 7.63. The van der Waals surface area contributed by atoms with E-state index in [4.69, 9.17) is 0 Å². The third kappa shape index (κ3) is 4.88. The van der Waals surface area contributed by atoms with E-state index in [9.17, 15) is 4.79 Å². The zero-order valence-electron chi connectivity index (χ0n) is 13.1. The minimum atomic E-state index is 0.0501. The van der Waals surface area contributed by atoms with Gasteiger partial charge in [-0.3, -0.25) is 0 Å². The van der Waals surface area contributed by atoms with Crippen LogP contribution in [0.25, 0.3) is 0 Å². The van der Waals surface area contributed by atoms with Gasteiger partial charge < -0.3 is 10.2 Å². The number of urea groups is 1. The van der Waals surface area contributed by atoms with Gasteiger partial charge in [-0.05, 0) is 31.9 Å². The molecule has 2 rings (SSSR count). The zero-order chi connectivity index (χ0) is 15.2. The molecule has 1 aromatic rings. The van der Waals surface area contributed by atoms with Gasteiger partial charge in [-0.1, -0.05) is 6.92 Å². The van der Waals surface area contributed by atoms with Crippen molar-refractivity contribution in [3.63, 3.8) is 0 Å². The van der Waals surface area contributed by atoms with Gasteiger partial charge in [0, 0.05) is 36.7 Å². The van der Waals surface area contributed by atoms with Crippen molar-refractivity contribution in [1.82, 2.24) is 15.2 Å². The van der Waals surface area contributed by atoms with E-state index in [2.05, 4.69) is 22.6 Å². The predicted molar refractivity (Wildman–Crippen MR) is 91.3 cm³/mol. The fourth-order valence-electron chi connectivity index (χ4n) is 2.77. The third-order valence-electron chi connectivity index (χ3n) is 3.95. The molecular formula is C15H25N3OS2. The fraction of sp³-hybridized carbons (Fsp3) is 0.733. The molecule has 1 saturated carbocycles. The van der Waals surface area contributed by atoms with Crippen LogP contribution in [-0.4, -0.2) is 46.6 Å². The van der Waals surface area contributed by atoms with Crippen LogP contribution in [-0.2, 0) is 6.42 Å². The molecule has 2 amide bonds. The summed E-state index contributed by atoms with van der Waals surface area (Å²) in [5.41, 5.74) is 1.07. The Kier molecular flexibility index (Phi) is 6.36. The number of thioether (sulfide) groups is 1. The van der Waals surface area contributed by atoms with Crippen molar-refractivity contribution >= 4 is 29.1 Å². The number of hydrogen-bond acceptors (Lipinski definition) is 4. The van der Waals surface area contributed by atoms with E-state index in [0.717, 1.165) is 35.2 Å². The average molecular weight is 328 g/mol. The minimum absolute atomic E-state index is 0.0501. The van der Waals surface area contributed by atoms with Gasteiger partial charge in [-0.2, -0.15) is 11.8 Å². The smallest absolute Gasteiger partial charge is 0.317 e. The van der Waals surface area contributed by atoms with E-state index in [0.29, 0.717) is 12.6 Å². The largest absolute Gasteiger partial charge is 0.338 e. The summed E-state index contributed by atoms with van der Waals surface area (Å²) in [5, 5.41) is 6.89. The van der Waals surface area contributed by atoms with Gasteiger partial charge in [-0.25, -0.2) is 9.78 Å². The fourth-order valence-corrected chi connectivity index (χ4v) is 4.55. The van der Waals surface area contributed by atoms with Crippen LogP contribution in [0.5, 0.6) is 0 Å². The van der Waals surface area contributed by atoms with Gasteiger partial charge in [0.25, 0.3) is 0 Å². The van der Waals surface area contributed by atoms with Crippen LogP contribution in [0.3, 0.4) is 0 Å². The van der Waals surface area contributed by atoms with E-state index in [1.54, 1.807) is 11.3 Å². The second-order valence-corrected chi connectivity index (χ2v) is 8.13. The van der Waals surface area contributed by atoms with Crippen LogP contribution >= 0.6 is 23.1 Å². The molecule has 0 unspecified atom stereocenters. The van der Waals surface area contributed by atoms with E-state index < -0.39 is 0 Å². The molecule has 4 nitrogen and oxygen atoms in total. The summed E-state index contributed by atoms with van der Waals surface area (Å²) in [6.45, 7) is 4.87. The van der Waals surface area contributed by atoms with Crippen LogP contribution < -0.4 is 5.32 Å². The van der Waals surface area contributed by atoms with Crippen molar-refractivity contribution < 1.29 is 4.79 Å². The number of nitrogens with one attached hydrogen (secondary N) is 1. The number of hydrogen-bond donors (Lipinski definition) is 1.